The fourth-order valence-electron chi connectivity index (χ4n) is 2.31. The van der Waals surface area contributed by atoms with Gasteiger partial charge in [-0.2, -0.15) is 5.26 Å². The Morgan fingerprint density at radius 1 is 1.00 bits per heavy atom. The lowest BCUT2D eigenvalue weighted by atomic mass is 10.1. The first-order valence-electron chi connectivity index (χ1n) is 7.38. The van der Waals surface area contributed by atoms with E-state index in [9.17, 15) is 10.1 Å². The molecule has 0 aliphatic carbocycles. The number of hydrogen-bond donors (Lipinski definition) is 1. The van der Waals surface area contributed by atoms with Gasteiger partial charge in [0.05, 0.1) is 17.2 Å². The third-order valence-corrected chi connectivity index (χ3v) is 3.86. The van der Waals surface area contributed by atoms with Gasteiger partial charge in [0, 0.05) is 10.6 Å². The van der Waals surface area contributed by atoms with E-state index in [4.69, 9.17) is 21.1 Å². The zero-order chi connectivity index (χ0) is 17.8. The first-order valence-corrected chi connectivity index (χ1v) is 7.76. The predicted octanol–water partition coefficient (Wildman–Crippen LogP) is 5.36. The Labute approximate surface area is 149 Å². The van der Waals surface area contributed by atoms with Crippen molar-refractivity contribution in [3.05, 3.63) is 82.6 Å². The van der Waals surface area contributed by atoms with Crippen molar-refractivity contribution in [2.24, 2.45) is 0 Å². The molecule has 0 radical (unpaired) electrons. The molecule has 0 spiro atoms. The van der Waals surface area contributed by atoms with Crippen LogP contribution < -0.4 is 0 Å². The molecule has 5 heteroatoms. The third kappa shape index (κ3) is 3.79. The Bertz CT molecular complexity index is 977. The molecule has 0 saturated carbocycles. The van der Waals surface area contributed by atoms with E-state index in [1.807, 2.05) is 0 Å². The number of halogens is 1. The van der Waals surface area contributed by atoms with Gasteiger partial charge in [-0.15, -0.1) is 0 Å². The smallest absolute Gasteiger partial charge is 0.335 e. The van der Waals surface area contributed by atoms with E-state index in [1.54, 1.807) is 54.6 Å². The maximum absolute atomic E-state index is 10.9. The summed E-state index contributed by atoms with van der Waals surface area (Å²) in [5.74, 6) is 0.150. The molecule has 2 aromatic carbocycles. The first kappa shape index (κ1) is 16.6. The summed E-state index contributed by atoms with van der Waals surface area (Å²) >= 11 is 5.86. The Morgan fingerprint density at radius 3 is 2.24 bits per heavy atom. The van der Waals surface area contributed by atoms with E-state index < -0.39 is 5.97 Å². The normalized spacial score (nSPS) is 11.1. The third-order valence-electron chi connectivity index (χ3n) is 3.61. The van der Waals surface area contributed by atoms with Crippen LogP contribution in [0.3, 0.4) is 0 Å². The van der Waals surface area contributed by atoms with Gasteiger partial charge in [0.2, 0.25) is 0 Å². The molecule has 3 rings (SSSR count). The zero-order valence-corrected chi connectivity index (χ0v) is 13.7. The van der Waals surface area contributed by atoms with E-state index in [0.717, 1.165) is 11.1 Å². The van der Waals surface area contributed by atoms with E-state index in [-0.39, 0.29) is 5.56 Å². The van der Waals surface area contributed by atoms with Gasteiger partial charge in [-0.1, -0.05) is 35.9 Å². The van der Waals surface area contributed by atoms with Crippen LogP contribution in [0, 0.1) is 11.3 Å². The van der Waals surface area contributed by atoms with Crippen LogP contribution >= 0.6 is 11.6 Å². The van der Waals surface area contributed by atoms with Crippen molar-refractivity contribution in [2.45, 2.75) is 0 Å². The fourth-order valence-corrected chi connectivity index (χ4v) is 2.44. The lowest BCUT2D eigenvalue weighted by molar-refractivity contribution is 0.0697. The van der Waals surface area contributed by atoms with Gasteiger partial charge in [-0.25, -0.2) is 4.79 Å². The summed E-state index contributed by atoms with van der Waals surface area (Å²) in [6, 6.07) is 19.1. The van der Waals surface area contributed by atoms with Crippen LogP contribution in [-0.4, -0.2) is 11.1 Å². The molecule has 0 amide bonds. The van der Waals surface area contributed by atoms with Gasteiger partial charge in [-0.05, 0) is 48.0 Å². The standard InChI is InChI=1S/C20H12ClNO3/c21-17-7-5-13(6-8-17)16(12-22)11-18-9-10-19(25-18)14-1-3-15(4-2-14)20(23)24/h1-11H,(H,23,24). The van der Waals surface area contributed by atoms with Crippen molar-refractivity contribution in [2.75, 3.05) is 0 Å². The van der Waals surface area contributed by atoms with Crippen LogP contribution in [0.25, 0.3) is 23.0 Å². The number of nitriles is 1. The van der Waals surface area contributed by atoms with Crippen LogP contribution in [0.5, 0.6) is 0 Å². The summed E-state index contributed by atoms with van der Waals surface area (Å²) in [7, 11) is 0. The quantitative estimate of drug-likeness (QED) is 0.643. The minimum Gasteiger partial charge on any atom is -0.478 e. The van der Waals surface area contributed by atoms with Gasteiger partial charge in [-0.3, -0.25) is 0 Å². The molecule has 1 heterocycles. The van der Waals surface area contributed by atoms with Crippen LogP contribution in [0.4, 0.5) is 0 Å². The molecule has 1 aromatic heterocycles. The minimum atomic E-state index is -0.976. The fraction of sp³-hybridized carbons (Fsp3) is 0. The molecule has 0 bridgehead atoms. The highest BCUT2D eigenvalue weighted by molar-refractivity contribution is 6.30. The number of furan rings is 1. The highest BCUT2D eigenvalue weighted by Crippen LogP contribution is 2.26. The number of aromatic carboxylic acids is 1. The van der Waals surface area contributed by atoms with Crippen molar-refractivity contribution in [3.8, 4) is 17.4 Å². The van der Waals surface area contributed by atoms with Crippen LogP contribution in [0.2, 0.25) is 5.02 Å². The Balaban J connectivity index is 1.88. The molecule has 122 valence electrons. The van der Waals surface area contributed by atoms with E-state index in [1.165, 1.54) is 12.1 Å². The molecule has 0 saturated heterocycles. The van der Waals surface area contributed by atoms with Gasteiger partial charge in [0.15, 0.2) is 0 Å². The number of allylic oxidation sites excluding steroid dienone is 1. The van der Waals surface area contributed by atoms with Crippen molar-refractivity contribution in [1.29, 1.82) is 5.26 Å². The van der Waals surface area contributed by atoms with Gasteiger partial charge < -0.3 is 9.52 Å². The van der Waals surface area contributed by atoms with Gasteiger partial charge >= 0.3 is 5.97 Å². The lowest BCUT2D eigenvalue weighted by Gasteiger charge is -1.99. The summed E-state index contributed by atoms with van der Waals surface area (Å²) < 4.78 is 5.75. The predicted molar refractivity (Wildman–Crippen MR) is 96.0 cm³/mol. The topological polar surface area (TPSA) is 74.2 Å². The average Bonchev–Trinajstić information content (AvgIpc) is 3.09. The SMILES string of the molecule is N#CC(=Cc1ccc(-c2ccc(C(=O)O)cc2)o1)c1ccc(Cl)cc1. The second-order valence-corrected chi connectivity index (χ2v) is 5.70. The summed E-state index contributed by atoms with van der Waals surface area (Å²) in [6.45, 7) is 0. The monoisotopic (exact) mass is 349 g/mol. The number of benzene rings is 2. The molecule has 25 heavy (non-hydrogen) atoms. The van der Waals surface area contributed by atoms with Gasteiger partial charge in [0.1, 0.15) is 11.5 Å². The number of carboxylic acids is 1. The van der Waals surface area contributed by atoms with Gasteiger partial charge in [0.25, 0.3) is 0 Å². The summed E-state index contributed by atoms with van der Waals surface area (Å²) in [5.41, 5.74) is 2.18. The van der Waals surface area contributed by atoms with Crippen LogP contribution in [0.15, 0.2) is 65.1 Å². The van der Waals surface area contributed by atoms with Crippen molar-refractivity contribution >= 4 is 29.2 Å². The maximum Gasteiger partial charge on any atom is 0.335 e. The second kappa shape index (κ2) is 7.08. The van der Waals surface area contributed by atoms with Crippen LogP contribution in [0.1, 0.15) is 21.7 Å². The molecule has 1 N–H and O–H groups in total. The highest BCUT2D eigenvalue weighted by atomic mass is 35.5. The molecule has 3 aromatic rings. The van der Waals surface area contributed by atoms with E-state index in [2.05, 4.69) is 6.07 Å². The summed E-state index contributed by atoms with van der Waals surface area (Å²) in [5, 5.41) is 18.9. The highest BCUT2D eigenvalue weighted by Gasteiger charge is 2.08. The number of carboxylic acid groups (broad SMARTS) is 1. The average molecular weight is 350 g/mol. The largest absolute Gasteiger partial charge is 0.478 e. The molecule has 0 unspecified atom stereocenters. The summed E-state index contributed by atoms with van der Waals surface area (Å²) in [4.78, 5) is 10.9. The molecule has 4 nitrogen and oxygen atoms in total. The van der Waals surface area contributed by atoms with Crippen molar-refractivity contribution < 1.29 is 14.3 Å². The number of hydrogen-bond acceptors (Lipinski definition) is 3. The van der Waals surface area contributed by atoms with Crippen molar-refractivity contribution in [3.63, 3.8) is 0 Å². The number of rotatable bonds is 4. The van der Waals surface area contributed by atoms with Crippen LogP contribution in [-0.2, 0) is 0 Å². The molecule has 0 atom stereocenters. The Hall–Kier alpha value is -3.29. The van der Waals surface area contributed by atoms with E-state index in [0.29, 0.717) is 22.1 Å². The maximum atomic E-state index is 10.9. The number of nitrogens with zero attached hydrogens (tertiary/aromatic N) is 1. The van der Waals surface area contributed by atoms with E-state index >= 15 is 0 Å². The lowest BCUT2D eigenvalue weighted by Crippen LogP contribution is -1.94. The Kier molecular flexibility index (Phi) is 4.69. The molecule has 0 fully saturated rings. The Morgan fingerprint density at radius 2 is 1.64 bits per heavy atom. The minimum absolute atomic E-state index is 0.213. The second-order valence-electron chi connectivity index (χ2n) is 5.26. The van der Waals surface area contributed by atoms with Crippen molar-refractivity contribution in [1.82, 2.24) is 0 Å². The molecular weight excluding hydrogens is 338 g/mol. The number of carbonyl (C=O) groups is 1. The molecule has 0 aliphatic rings. The first-order chi connectivity index (χ1) is 12.1. The summed E-state index contributed by atoms with van der Waals surface area (Å²) in [6.07, 6.45) is 1.65. The molecular formula is C20H12ClNO3. The molecule has 0 aliphatic heterocycles. The zero-order valence-electron chi connectivity index (χ0n) is 12.9.